The van der Waals surface area contributed by atoms with E-state index in [1.807, 2.05) is 6.92 Å². The molecule has 0 saturated heterocycles. The molecule has 0 amide bonds. The van der Waals surface area contributed by atoms with E-state index < -0.39 is 5.82 Å². The van der Waals surface area contributed by atoms with Gasteiger partial charge >= 0.3 is 0 Å². The number of nitrogens with two attached hydrogens (primary N) is 1. The number of rotatable bonds is 6. The number of ether oxygens (including phenoxy) is 2. The molecule has 0 aromatic heterocycles. The first-order chi connectivity index (χ1) is 8.58. The van der Waals surface area contributed by atoms with Gasteiger partial charge in [0.25, 0.3) is 0 Å². The predicted octanol–water partition coefficient (Wildman–Crippen LogP) is 1.47. The maximum Gasteiger partial charge on any atom is 0.170 e. The monoisotopic (exact) mass is 256 g/mol. The molecule has 0 aliphatic carbocycles. The quantitative estimate of drug-likeness (QED) is 0.350. The Labute approximate surface area is 105 Å². The van der Waals surface area contributed by atoms with Gasteiger partial charge in [-0.2, -0.15) is 0 Å². The van der Waals surface area contributed by atoms with E-state index in [2.05, 4.69) is 5.16 Å². The highest BCUT2D eigenvalue weighted by atomic mass is 19.1. The summed E-state index contributed by atoms with van der Waals surface area (Å²) in [5.74, 6) is -0.599. The van der Waals surface area contributed by atoms with Crippen molar-refractivity contribution in [2.24, 2.45) is 10.9 Å². The minimum absolute atomic E-state index is 0.0970. The zero-order valence-corrected chi connectivity index (χ0v) is 10.4. The molecule has 0 bridgehead atoms. The Bertz CT molecular complexity index is 424. The lowest BCUT2D eigenvalue weighted by Crippen LogP contribution is -2.19. The van der Waals surface area contributed by atoms with Crippen molar-refractivity contribution in [1.29, 1.82) is 0 Å². The van der Waals surface area contributed by atoms with Crippen LogP contribution in [0.2, 0.25) is 0 Å². The van der Waals surface area contributed by atoms with Gasteiger partial charge < -0.3 is 20.4 Å². The Hall–Kier alpha value is -1.66. The van der Waals surface area contributed by atoms with Gasteiger partial charge in [0, 0.05) is 12.7 Å². The van der Waals surface area contributed by atoms with Gasteiger partial charge in [-0.3, -0.25) is 0 Å². The number of oxime groups is 1. The highest BCUT2D eigenvalue weighted by Crippen LogP contribution is 2.13. The number of methoxy groups -OCH3 is 1. The van der Waals surface area contributed by atoms with E-state index in [-0.39, 0.29) is 18.5 Å². The van der Waals surface area contributed by atoms with Crippen molar-refractivity contribution < 1.29 is 19.1 Å². The summed E-state index contributed by atoms with van der Waals surface area (Å²) in [6, 6.07) is 4.05. The van der Waals surface area contributed by atoms with Gasteiger partial charge in [-0.1, -0.05) is 11.2 Å². The molecule has 0 fully saturated rings. The van der Waals surface area contributed by atoms with Crippen molar-refractivity contribution in [2.45, 2.75) is 19.6 Å². The fraction of sp³-hybridized carbons (Fsp3) is 0.417. The third-order valence-electron chi connectivity index (χ3n) is 2.38. The van der Waals surface area contributed by atoms with Crippen LogP contribution in [-0.4, -0.2) is 30.9 Å². The largest absolute Gasteiger partial charge is 0.409 e. The molecule has 100 valence electrons. The molecule has 1 aromatic rings. The van der Waals surface area contributed by atoms with Gasteiger partial charge in [0.1, 0.15) is 5.82 Å². The summed E-state index contributed by atoms with van der Waals surface area (Å²) in [6.45, 7) is 2.55. The first kappa shape index (κ1) is 14.4. The Morgan fingerprint density at radius 1 is 1.56 bits per heavy atom. The summed E-state index contributed by atoms with van der Waals surface area (Å²) in [7, 11) is 1.58. The number of hydrogen-bond donors (Lipinski definition) is 2. The Morgan fingerprint density at radius 2 is 2.28 bits per heavy atom. The average molecular weight is 256 g/mol. The van der Waals surface area contributed by atoms with Crippen LogP contribution in [0.4, 0.5) is 4.39 Å². The fourth-order valence-corrected chi connectivity index (χ4v) is 1.48. The first-order valence-corrected chi connectivity index (χ1v) is 5.45. The molecule has 5 nitrogen and oxygen atoms in total. The molecular formula is C12H17FN2O3. The molecule has 0 aliphatic rings. The van der Waals surface area contributed by atoms with Crippen molar-refractivity contribution in [2.75, 3.05) is 13.7 Å². The maximum atomic E-state index is 13.1. The average Bonchev–Trinajstić information content (AvgIpc) is 2.36. The molecule has 1 aromatic carbocycles. The molecule has 0 saturated carbocycles. The summed E-state index contributed by atoms with van der Waals surface area (Å²) in [6.07, 6.45) is -0.0970. The minimum atomic E-state index is -0.453. The highest BCUT2D eigenvalue weighted by Gasteiger charge is 2.10. The van der Waals surface area contributed by atoms with E-state index in [4.69, 9.17) is 20.4 Å². The summed E-state index contributed by atoms with van der Waals surface area (Å²) in [4.78, 5) is 0. The molecule has 0 spiro atoms. The summed E-state index contributed by atoms with van der Waals surface area (Å²) >= 11 is 0. The Kier molecular flexibility index (Phi) is 5.54. The molecule has 0 aliphatic heterocycles. The Morgan fingerprint density at radius 3 is 2.89 bits per heavy atom. The molecule has 18 heavy (non-hydrogen) atoms. The van der Waals surface area contributed by atoms with E-state index in [1.165, 1.54) is 12.1 Å². The zero-order valence-electron chi connectivity index (χ0n) is 10.4. The van der Waals surface area contributed by atoms with Crippen LogP contribution in [-0.2, 0) is 16.1 Å². The van der Waals surface area contributed by atoms with E-state index >= 15 is 0 Å². The van der Waals surface area contributed by atoms with Gasteiger partial charge in [0.15, 0.2) is 5.84 Å². The van der Waals surface area contributed by atoms with Crippen molar-refractivity contribution in [1.82, 2.24) is 0 Å². The van der Waals surface area contributed by atoms with E-state index in [0.29, 0.717) is 17.7 Å². The zero-order chi connectivity index (χ0) is 13.5. The lowest BCUT2D eigenvalue weighted by Gasteiger charge is -2.14. The second-order valence-electron chi connectivity index (χ2n) is 3.86. The third-order valence-corrected chi connectivity index (χ3v) is 2.38. The molecule has 1 atom stereocenters. The SMILES string of the molecule is COCC(C)OCc1ccc(F)cc1C(N)=NO. The highest BCUT2D eigenvalue weighted by molar-refractivity contribution is 5.98. The second-order valence-corrected chi connectivity index (χ2v) is 3.86. The van der Waals surface area contributed by atoms with Crippen molar-refractivity contribution in [3.05, 3.63) is 35.1 Å². The van der Waals surface area contributed by atoms with Gasteiger partial charge in [0.05, 0.1) is 19.3 Å². The standard InChI is InChI=1S/C12H17FN2O3/c1-8(6-17-2)18-7-9-3-4-10(13)5-11(9)12(14)15-16/h3-5,8,16H,6-7H2,1-2H3,(H2,14,15). The van der Waals surface area contributed by atoms with E-state index in [9.17, 15) is 4.39 Å². The van der Waals surface area contributed by atoms with E-state index in [0.717, 1.165) is 0 Å². The molecule has 0 radical (unpaired) electrons. The molecule has 6 heteroatoms. The number of benzene rings is 1. The molecule has 1 unspecified atom stereocenters. The van der Waals surface area contributed by atoms with Gasteiger partial charge in [-0.25, -0.2) is 4.39 Å². The number of halogens is 1. The number of hydrogen-bond acceptors (Lipinski definition) is 4. The van der Waals surface area contributed by atoms with Crippen LogP contribution in [0.15, 0.2) is 23.4 Å². The van der Waals surface area contributed by atoms with Crippen molar-refractivity contribution >= 4 is 5.84 Å². The topological polar surface area (TPSA) is 77.1 Å². The molecule has 0 heterocycles. The fourth-order valence-electron chi connectivity index (χ4n) is 1.48. The third kappa shape index (κ3) is 3.97. The maximum absolute atomic E-state index is 13.1. The summed E-state index contributed by atoms with van der Waals surface area (Å²) < 4.78 is 23.6. The van der Waals surface area contributed by atoms with Crippen LogP contribution in [0.25, 0.3) is 0 Å². The Balaban J connectivity index is 2.82. The smallest absolute Gasteiger partial charge is 0.170 e. The van der Waals surface area contributed by atoms with E-state index in [1.54, 1.807) is 13.2 Å². The molecule has 3 N–H and O–H groups in total. The van der Waals surface area contributed by atoms with Gasteiger partial charge in [0.2, 0.25) is 0 Å². The number of amidine groups is 1. The van der Waals surface area contributed by atoms with Crippen LogP contribution >= 0.6 is 0 Å². The minimum Gasteiger partial charge on any atom is -0.409 e. The number of nitrogens with zero attached hydrogens (tertiary/aromatic N) is 1. The van der Waals surface area contributed by atoms with Crippen LogP contribution in [0.5, 0.6) is 0 Å². The van der Waals surface area contributed by atoms with Crippen LogP contribution in [0, 0.1) is 5.82 Å². The van der Waals surface area contributed by atoms with Crippen LogP contribution < -0.4 is 5.73 Å². The van der Waals surface area contributed by atoms with Crippen LogP contribution in [0.1, 0.15) is 18.1 Å². The lowest BCUT2D eigenvalue weighted by molar-refractivity contribution is -0.000194. The van der Waals surface area contributed by atoms with Gasteiger partial charge in [-0.05, 0) is 24.6 Å². The summed E-state index contributed by atoms with van der Waals surface area (Å²) in [5, 5.41) is 11.5. The lowest BCUT2D eigenvalue weighted by atomic mass is 10.1. The molecular weight excluding hydrogens is 239 g/mol. The normalized spacial score (nSPS) is 13.6. The van der Waals surface area contributed by atoms with Gasteiger partial charge in [-0.15, -0.1) is 0 Å². The van der Waals surface area contributed by atoms with Crippen LogP contribution in [0.3, 0.4) is 0 Å². The molecule has 1 rings (SSSR count). The first-order valence-electron chi connectivity index (χ1n) is 5.45. The summed E-state index contributed by atoms with van der Waals surface area (Å²) in [5.41, 5.74) is 6.45. The van der Waals surface area contributed by atoms with Crippen molar-refractivity contribution in [3.63, 3.8) is 0 Å². The van der Waals surface area contributed by atoms with Crippen molar-refractivity contribution in [3.8, 4) is 0 Å². The predicted molar refractivity (Wildman–Crippen MR) is 65.0 cm³/mol. The second kappa shape index (κ2) is 6.93.